The third kappa shape index (κ3) is 5.41. The van der Waals surface area contributed by atoms with Crippen molar-refractivity contribution in [1.29, 1.82) is 0 Å². The Morgan fingerprint density at radius 3 is 2.35 bits per heavy atom. The van der Waals surface area contributed by atoms with Crippen molar-refractivity contribution < 1.29 is 17.9 Å². The van der Waals surface area contributed by atoms with Crippen LogP contribution >= 0.6 is 0 Å². The smallest absolute Gasteiger partial charge is 0.227 e. The summed E-state index contributed by atoms with van der Waals surface area (Å²) >= 11 is 0. The van der Waals surface area contributed by atoms with E-state index >= 15 is 8.78 Å². The van der Waals surface area contributed by atoms with E-state index in [2.05, 4.69) is 44.1 Å². The highest BCUT2D eigenvalue weighted by atomic mass is 19.1. The summed E-state index contributed by atoms with van der Waals surface area (Å²) < 4.78 is 51.2. The highest BCUT2D eigenvalue weighted by Crippen LogP contribution is 2.42. The van der Waals surface area contributed by atoms with E-state index < -0.39 is 11.6 Å². The molecule has 1 fully saturated rings. The largest absolute Gasteiger partial charge is 0.483 e. The van der Waals surface area contributed by atoms with Gasteiger partial charge >= 0.3 is 0 Å². The average molecular weight is 555 g/mol. The van der Waals surface area contributed by atoms with E-state index in [1.54, 1.807) is 18.2 Å². The van der Waals surface area contributed by atoms with E-state index in [0.29, 0.717) is 23.1 Å². The van der Waals surface area contributed by atoms with Gasteiger partial charge in [-0.25, -0.2) is 23.1 Å². The second-order valence-electron chi connectivity index (χ2n) is 11.2. The third-order valence-corrected chi connectivity index (χ3v) is 8.04. The molecule has 5 rings (SSSR count). The van der Waals surface area contributed by atoms with E-state index in [0.717, 1.165) is 32.1 Å². The molecule has 3 aromatic rings. The number of halogens is 3. The minimum absolute atomic E-state index is 0.00756. The lowest BCUT2D eigenvalue weighted by Gasteiger charge is -2.43. The van der Waals surface area contributed by atoms with Crippen LogP contribution in [0.25, 0.3) is 11.3 Å². The van der Waals surface area contributed by atoms with Crippen molar-refractivity contribution in [3.8, 4) is 17.0 Å². The van der Waals surface area contributed by atoms with Crippen LogP contribution in [0.15, 0.2) is 36.5 Å². The van der Waals surface area contributed by atoms with Crippen LogP contribution in [0.5, 0.6) is 5.75 Å². The van der Waals surface area contributed by atoms with Gasteiger partial charge in [0.1, 0.15) is 17.6 Å². The molecule has 0 aliphatic carbocycles. The van der Waals surface area contributed by atoms with E-state index in [1.165, 1.54) is 12.1 Å². The Morgan fingerprint density at radius 2 is 1.70 bits per heavy atom. The number of anilines is 4. The highest BCUT2D eigenvalue weighted by Gasteiger charge is 2.34. The molecule has 3 heterocycles. The molecule has 1 saturated heterocycles. The number of hydrogen-bond donors (Lipinski definition) is 1. The Kier molecular flexibility index (Phi) is 7.81. The fourth-order valence-electron chi connectivity index (χ4n) is 5.73. The van der Waals surface area contributed by atoms with Gasteiger partial charge in [-0.3, -0.25) is 0 Å². The van der Waals surface area contributed by atoms with Crippen molar-refractivity contribution in [2.45, 2.75) is 64.8 Å². The molecular weight excluding hydrogens is 517 g/mol. The lowest BCUT2D eigenvalue weighted by atomic mass is 10.0. The molecule has 2 unspecified atom stereocenters. The summed E-state index contributed by atoms with van der Waals surface area (Å²) in [5, 5.41) is 2.97. The molecule has 214 valence electrons. The maximum atomic E-state index is 15.2. The summed E-state index contributed by atoms with van der Waals surface area (Å²) in [5.74, 6) is -1.41. The van der Waals surface area contributed by atoms with Gasteiger partial charge < -0.3 is 24.8 Å². The van der Waals surface area contributed by atoms with Gasteiger partial charge in [0.25, 0.3) is 0 Å². The van der Waals surface area contributed by atoms with Gasteiger partial charge in [-0.1, -0.05) is 0 Å². The first-order valence-electron chi connectivity index (χ1n) is 13.8. The second-order valence-corrected chi connectivity index (χ2v) is 11.2. The quantitative estimate of drug-likeness (QED) is 0.388. The number of aromatic nitrogens is 2. The molecule has 40 heavy (non-hydrogen) atoms. The molecule has 7 nitrogen and oxygen atoms in total. The Bertz CT molecular complexity index is 1380. The lowest BCUT2D eigenvalue weighted by Crippen LogP contribution is -2.50. The third-order valence-electron chi connectivity index (χ3n) is 8.04. The number of hydrogen-bond acceptors (Lipinski definition) is 7. The fourth-order valence-corrected chi connectivity index (χ4v) is 5.73. The van der Waals surface area contributed by atoms with Crippen LogP contribution in [0, 0.1) is 17.5 Å². The monoisotopic (exact) mass is 554 g/mol. The molecule has 2 atom stereocenters. The predicted molar refractivity (Wildman–Crippen MR) is 153 cm³/mol. The van der Waals surface area contributed by atoms with Gasteiger partial charge in [-0.15, -0.1) is 0 Å². The SMILES string of the molecule is CC1Oc2c(F)cc(-c3nc(Nc4ccc(N5CCC(N(C)C)CC5)c(F)c4)ncc3F)cc2N(C(C)C)C1C. The lowest BCUT2D eigenvalue weighted by molar-refractivity contribution is 0.164. The maximum Gasteiger partial charge on any atom is 0.227 e. The van der Waals surface area contributed by atoms with Crippen molar-refractivity contribution >= 4 is 23.0 Å². The van der Waals surface area contributed by atoms with Crippen molar-refractivity contribution in [2.75, 3.05) is 42.3 Å². The van der Waals surface area contributed by atoms with Crippen LogP contribution in [0.3, 0.4) is 0 Å². The first-order valence-corrected chi connectivity index (χ1v) is 13.8. The molecule has 0 bridgehead atoms. The van der Waals surface area contributed by atoms with Crippen molar-refractivity contribution in [3.05, 3.63) is 54.0 Å². The Labute approximate surface area is 234 Å². The van der Waals surface area contributed by atoms with E-state index in [9.17, 15) is 4.39 Å². The molecule has 2 aliphatic rings. The Balaban J connectivity index is 1.40. The summed E-state index contributed by atoms with van der Waals surface area (Å²) in [6, 6.07) is 8.36. The van der Waals surface area contributed by atoms with Crippen molar-refractivity contribution in [1.82, 2.24) is 14.9 Å². The van der Waals surface area contributed by atoms with Gasteiger partial charge in [-0.2, -0.15) is 0 Å². The van der Waals surface area contributed by atoms with Crippen LogP contribution in [0.1, 0.15) is 40.5 Å². The highest BCUT2D eigenvalue weighted by molar-refractivity contribution is 5.73. The minimum atomic E-state index is -0.693. The molecule has 1 aromatic heterocycles. The minimum Gasteiger partial charge on any atom is -0.483 e. The Morgan fingerprint density at radius 1 is 0.975 bits per heavy atom. The first kappa shape index (κ1) is 28.0. The molecule has 2 aromatic carbocycles. The standard InChI is InChI=1S/C30H37F3N6O/c1-17(2)39-18(3)19(4)40-29-24(32)13-20(14-27(29)39)28-25(33)16-34-30(36-28)35-21-7-8-26(23(31)15-21)38-11-9-22(10-12-38)37(5)6/h7-8,13-19,22H,9-12H2,1-6H3,(H,34,35,36). The molecule has 0 saturated carbocycles. The van der Waals surface area contributed by atoms with Gasteiger partial charge in [0.05, 0.1) is 23.6 Å². The van der Waals surface area contributed by atoms with Gasteiger partial charge in [0, 0.05) is 36.4 Å². The maximum absolute atomic E-state index is 15.2. The molecular formula is C30H37F3N6O. The van der Waals surface area contributed by atoms with Crippen LogP contribution < -0.4 is 19.9 Å². The van der Waals surface area contributed by atoms with E-state index in [1.807, 2.05) is 27.7 Å². The molecule has 1 N–H and O–H groups in total. The van der Waals surface area contributed by atoms with Crippen LogP contribution in [0.4, 0.5) is 36.2 Å². The number of rotatable bonds is 6. The number of fused-ring (bicyclic) bond motifs is 1. The summed E-state index contributed by atoms with van der Waals surface area (Å²) in [7, 11) is 4.14. The van der Waals surface area contributed by atoms with Crippen molar-refractivity contribution in [2.24, 2.45) is 0 Å². The Hall–Kier alpha value is -3.53. The van der Waals surface area contributed by atoms with Crippen LogP contribution in [-0.4, -0.2) is 66.3 Å². The normalized spacial score (nSPS) is 19.7. The molecule has 0 amide bonds. The fraction of sp³-hybridized carbons (Fsp3) is 0.467. The van der Waals surface area contributed by atoms with E-state index in [-0.39, 0.29) is 47.0 Å². The van der Waals surface area contributed by atoms with Crippen LogP contribution in [-0.2, 0) is 0 Å². The summed E-state index contributed by atoms with van der Waals surface area (Å²) in [6.45, 7) is 9.53. The van der Waals surface area contributed by atoms with Gasteiger partial charge in [0.15, 0.2) is 17.4 Å². The number of benzene rings is 2. The van der Waals surface area contributed by atoms with Crippen LogP contribution in [0.2, 0.25) is 0 Å². The number of nitrogens with zero attached hydrogens (tertiary/aromatic N) is 5. The summed E-state index contributed by atoms with van der Waals surface area (Å²) in [5.41, 5.74) is 1.73. The first-order chi connectivity index (χ1) is 19.0. The molecule has 0 radical (unpaired) electrons. The zero-order valence-corrected chi connectivity index (χ0v) is 23.9. The second kappa shape index (κ2) is 11.2. The van der Waals surface area contributed by atoms with Crippen molar-refractivity contribution in [3.63, 3.8) is 0 Å². The molecule has 2 aliphatic heterocycles. The average Bonchev–Trinajstić information content (AvgIpc) is 2.91. The molecule has 10 heteroatoms. The summed E-state index contributed by atoms with van der Waals surface area (Å²) in [4.78, 5) is 14.7. The number of ether oxygens (including phenoxy) is 1. The number of piperidine rings is 1. The zero-order valence-electron chi connectivity index (χ0n) is 23.9. The van der Waals surface area contributed by atoms with Gasteiger partial charge in [0.2, 0.25) is 5.95 Å². The predicted octanol–water partition coefficient (Wildman–Crippen LogP) is 6.22. The van der Waals surface area contributed by atoms with Gasteiger partial charge in [-0.05, 0) is 85.0 Å². The topological polar surface area (TPSA) is 56.8 Å². The zero-order chi connectivity index (χ0) is 28.7. The number of nitrogens with one attached hydrogen (secondary N) is 1. The molecule has 0 spiro atoms. The summed E-state index contributed by atoms with van der Waals surface area (Å²) in [6.07, 6.45) is 2.77. The van der Waals surface area contributed by atoms with E-state index in [4.69, 9.17) is 4.74 Å².